The van der Waals surface area contributed by atoms with E-state index in [1.807, 2.05) is 37.3 Å². The maximum atomic E-state index is 13.1. The van der Waals surface area contributed by atoms with E-state index in [1.54, 1.807) is 9.21 Å². The Hall–Kier alpha value is -2.39. The molecule has 9 heteroatoms. The summed E-state index contributed by atoms with van der Waals surface area (Å²) in [5.74, 6) is -0.238. The Bertz CT molecular complexity index is 903. The molecular weight excluding hydrogens is 428 g/mol. The normalized spacial score (nSPS) is 19.8. The smallest absolute Gasteiger partial charge is 0.317 e. The van der Waals surface area contributed by atoms with Gasteiger partial charge in [0, 0.05) is 38.3 Å². The minimum absolute atomic E-state index is 0.136. The monoisotopic (exact) mass is 462 g/mol. The van der Waals surface area contributed by atoms with E-state index in [2.05, 4.69) is 17.2 Å². The van der Waals surface area contributed by atoms with E-state index >= 15 is 0 Å². The van der Waals surface area contributed by atoms with Crippen molar-refractivity contribution in [2.75, 3.05) is 32.7 Å². The van der Waals surface area contributed by atoms with Gasteiger partial charge in [-0.15, -0.1) is 0 Å². The van der Waals surface area contributed by atoms with Crippen molar-refractivity contribution in [1.29, 1.82) is 0 Å². The summed E-state index contributed by atoms with van der Waals surface area (Å²) in [5, 5.41) is 5.38. The van der Waals surface area contributed by atoms with Crippen LogP contribution in [0.25, 0.3) is 0 Å². The van der Waals surface area contributed by atoms with Crippen molar-refractivity contribution >= 4 is 22.0 Å². The molecule has 1 aromatic rings. The number of amides is 3. The van der Waals surface area contributed by atoms with Crippen molar-refractivity contribution in [1.82, 2.24) is 19.8 Å². The molecule has 2 saturated heterocycles. The minimum Gasteiger partial charge on any atom is -0.347 e. The van der Waals surface area contributed by atoms with Crippen LogP contribution >= 0.6 is 0 Å². The van der Waals surface area contributed by atoms with Crippen LogP contribution in [0.1, 0.15) is 38.2 Å². The Kier molecular flexibility index (Phi) is 7.95. The van der Waals surface area contributed by atoms with Crippen LogP contribution in [0.15, 0.2) is 43.0 Å². The molecule has 0 bridgehead atoms. The quantitative estimate of drug-likeness (QED) is 0.605. The molecule has 2 fully saturated rings. The van der Waals surface area contributed by atoms with E-state index in [1.165, 1.54) is 11.6 Å². The van der Waals surface area contributed by atoms with E-state index in [9.17, 15) is 18.0 Å². The first-order valence-corrected chi connectivity index (χ1v) is 12.7. The molecule has 0 radical (unpaired) electrons. The van der Waals surface area contributed by atoms with E-state index in [0.717, 1.165) is 6.42 Å². The molecule has 0 unspecified atom stereocenters. The number of hydrogen-bond acceptors (Lipinski definition) is 4. The number of piperidine rings is 2. The van der Waals surface area contributed by atoms with Gasteiger partial charge < -0.3 is 15.5 Å². The SMILES string of the molecule is C=CC(=O)NC1(C)CCN(S(=O)(=O)C2CCN(C(=O)NCCc3ccccc3)CC2)CC1. The second kappa shape index (κ2) is 10.5. The molecule has 0 spiro atoms. The Morgan fingerprint density at radius 1 is 1.12 bits per heavy atom. The van der Waals surface area contributed by atoms with Gasteiger partial charge in [-0.2, -0.15) is 0 Å². The molecule has 2 aliphatic rings. The molecule has 2 aliphatic heterocycles. The maximum absolute atomic E-state index is 13.1. The number of hydrogen-bond donors (Lipinski definition) is 2. The van der Waals surface area contributed by atoms with Crippen molar-refractivity contribution in [3.05, 3.63) is 48.6 Å². The highest BCUT2D eigenvalue weighted by molar-refractivity contribution is 7.89. The average Bonchev–Trinajstić information content (AvgIpc) is 2.79. The van der Waals surface area contributed by atoms with Crippen molar-refractivity contribution in [3.8, 4) is 0 Å². The number of nitrogens with zero attached hydrogens (tertiary/aromatic N) is 2. The largest absolute Gasteiger partial charge is 0.347 e. The first-order valence-electron chi connectivity index (χ1n) is 11.2. The highest BCUT2D eigenvalue weighted by Crippen LogP contribution is 2.28. The number of carbonyl (C=O) groups excluding carboxylic acids is 2. The van der Waals surface area contributed by atoms with Crippen LogP contribution in [0, 0.1) is 0 Å². The summed E-state index contributed by atoms with van der Waals surface area (Å²) in [7, 11) is -3.43. The lowest BCUT2D eigenvalue weighted by Gasteiger charge is -2.41. The van der Waals surface area contributed by atoms with E-state index in [0.29, 0.717) is 58.4 Å². The number of nitrogens with one attached hydrogen (secondary N) is 2. The molecule has 3 rings (SSSR count). The lowest BCUT2D eigenvalue weighted by molar-refractivity contribution is -0.118. The van der Waals surface area contributed by atoms with Gasteiger partial charge in [0.1, 0.15) is 0 Å². The lowest BCUT2D eigenvalue weighted by atomic mass is 9.90. The molecule has 3 amide bonds. The van der Waals surface area contributed by atoms with E-state index in [4.69, 9.17) is 0 Å². The summed E-state index contributed by atoms with van der Waals surface area (Å²) < 4.78 is 27.8. The highest BCUT2D eigenvalue weighted by atomic mass is 32.2. The molecule has 0 saturated carbocycles. The zero-order valence-corrected chi connectivity index (χ0v) is 19.6. The molecule has 0 aromatic heterocycles. The van der Waals surface area contributed by atoms with Crippen molar-refractivity contribution in [2.45, 2.75) is 49.8 Å². The van der Waals surface area contributed by atoms with Crippen LogP contribution in [-0.2, 0) is 21.2 Å². The summed E-state index contributed by atoms with van der Waals surface area (Å²) in [6, 6.07) is 9.83. The van der Waals surface area contributed by atoms with Gasteiger partial charge >= 0.3 is 6.03 Å². The average molecular weight is 463 g/mol. The number of carbonyl (C=O) groups is 2. The van der Waals surface area contributed by atoms with Gasteiger partial charge in [0.05, 0.1) is 5.25 Å². The number of urea groups is 1. The van der Waals surface area contributed by atoms with Gasteiger partial charge in [-0.25, -0.2) is 17.5 Å². The summed E-state index contributed by atoms with van der Waals surface area (Å²) in [6.45, 7) is 7.60. The van der Waals surface area contributed by atoms with Crippen LogP contribution < -0.4 is 10.6 Å². The minimum atomic E-state index is -3.43. The van der Waals surface area contributed by atoms with Crippen LogP contribution in [-0.4, -0.2) is 73.1 Å². The van der Waals surface area contributed by atoms with Gasteiger partial charge in [0.2, 0.25) is 15.9 Å². The Morgan fingerprint density at radius 3 is 2.34 bits per heavy atom. The third-order valence-corrected chi connectivity index (χ3v) is 8.88. The predicted octanol–water partition coefficient (Wildman–Crippen LogP) is 1.89. The first kappa shape index (κ1) is 24.3. The lowest BCUT2D eigenvalue weighted by Crippen LogP contribution is -2.56. The molecule has 2 heterocycles. The summed E-state index contributed by atoms with van der Waals surface area (Å²) >= 11 is 0. The first-order chi connectivity index (χ1) is 15.2. The van der Waals surface area contributed by atoms with Crippen LogP contribution in [0.5, 0.6) is 0 Å². The van der Waals surface area contributed by atoms with Crippen LogP contribution in [0.3, 0.4) is 0 Å². The predicted molar refractivity (Wildman–Crippen MR) is 125 cm³/mol. The molecule has 8 nitrogen and oxygen atoms in total. The van der Waals surface area contributed by atoms with Gasteiger partial charge in [0.25, 0.3) is 0 Å². The van der Waals surface area contributed by atoms with Crippen molar-refractivity contribution in [3.63, 3.8) is 0 Å². The fourth-order valence-corrected chi connectivity index (χ4v) is 6.27. The number of benzene rings is 1. The number of rotatable bonds is 7. The van der Waals surface area contributed by atoms with Gasteiger partial charge in [-0.1, -0.05) is 36.9 Å². The fraction of sp³-hybridized carbons (Fsp3) is 0.565. The molecule has 0 aliphatic carbocycles. The second-order valence-electron chi connectivity index (χ2n) is 8.85. The molecule has 1 aromatic carbocycles. The maximum Gasteiger partial charge on any atom is 0.317 e. The third-order valence-electron chi connectivity index (χ3n) is 6.48. The van der Waals surface area contributed by atoms with Crippen molar-refractivity contribution in [2.24, 2.45) is 0 Å². The fourth-order valence-electron chi connectivity index (χ4n) is 4.35. The van der Waals surface area contributed by atoms with Crippen molar-refractivity contribution < 1.29 is 18.0 Å². The van der Waals surface area contributed by atoms with Gasteiger partial charge in [0.15, 0.2) is 0 Å². The Morgan fingerprint density at radius 2 is 1.75 bits per heavy atom. The summed E-state index contributed by atoms with van der Waals surface area (Å²) in [6.07, 6.45) is 4.01. The summed E-state index contributed by atoms with van der Waals surface area (Å²) in [4.78, 5) is 25.8. The molecule has 176 valence electrons. The zero-order chi connectivity index (χ0) is 23.2. The molecule has 32 heavy (non-hydrogen) atoms. The standard InChI is InChI=1S/C23H34N4O4S/c1-3-21(28)25-23(2)12-17-27(18-13-23)32(30,31)20-10-15-26(16-11-20)22(29)24-14-9-19-7-5-4-6-8-19/h3-8,20H,1,9-18H2,2H3,(H,24,29)(H,25,28). The number of likely N-dealkylation sites (tertiary alicyclic amines) is 1. The number of sulfonamides is 1. The third kappa shape index (κ3) is 6.10. The Balaban J connectivity index is 1.44. The van der Waals surface area contributed by atoms with E-state index in [-0.39, 0.29) is 11.9 Å². The zero-order valence-electron chi connectivity index (χ0n) is 18.8. The van der Waals surface area contributed by atoms with Gasteiger partial charge in [-0.3, -0.25) is 4.79 Å². The van der Waals surface area contributed by atoms with Gasteiger partial charge in [-0.05, 0) is 50.7 Å². The van der Waals surface area contributed by atoms with E-state index < -0.39 is 20.8 Å². The summed E-state index contributed by atoms with van der Waals surface area (Å²) in [5.41, 5.74) is 0.748. The second-order valence-corrected chi connectivity index (χ2v) is 11.1. The Labute approximate surface area is 191 Å². The van der Waals surface area contributed by atoms with Crippen LogP contribution in [0.4, 0.5) is 4.79 Å². The highest BCUT2D eigenvalue weighted by Gasteiger charge is 2.40. The van der Waals surface area contributed by atoms with Crippen LogP contribution in [0.2, 0.25) is 0 Å². The molecule has 0 atom stereocenters. The topological polar surface area (TPSA) is 98.8 Å². The molecular formula is C23H34N4O4S. The molecule has 2 N–H and O–H groups in total.